The third-order valence-corrected chi connectivity index (χ3v) is 6.25. The van der Waals surface area contributed by atoms with E-state index in [1.165, 1.54) is 12.0 Å². The van der Waals surface area contributed by atoms with Crippen molar-refractivity contribution < 1.29 is 9.59 Å². The molecule has 2 aliphatic rings. The minimum atomic E-state index is 0.0479. The lowest BCUT2D eigenvalue weighted by Crippen LogP contribution is -2.37. The molecule has 2 aliphatic heterocycles. The van der Waals surface area contributed by atoms with Crippen molar-refractivity contribution in [2.75, 3.05) is 31.5 Å². The Morgan fingerprint density at radius 3 is 2.17 bits per heavy atom. The first-order valence-corrected chi connectivity index (χ1v) is 11.2. The van der Waals surface area contributed by atoms with Crippen LogP contribution in [0, 0.1) is 5.92 Å². The maximum atomic E-state index is 12.7. The summed E-state index contributed by atoms with van der Waals surface area (Å²) in [5.41, 5.74) is 2.78. The Morgan fingerprint density at radius 2 is 1.50 bits per heavy atom. The average molecular weight is 406 g/mol. The van der Waals surface area contributed by atoms with Gasteiger partial charge in [0.05, 0.1) is 0 Å². The van der Waals surface area contributed by atoms with Crippen molar-refractivity contribution in [3.8, 4) is 0 Å². The second-order valence-electron chi connectivity index (χ2n) is 8.46. The molecule has 0 atom stereocenters. The van der Waals surface area contributed by atoms with E-state index in [-0.39, 0.29) is 17.7 Å². The van der Waals surface area contributed by atoms with E-state index >= 15 is 0 Å². The first-order valence-electron chi connectivity index (χ1n) is 11.2. The van der Waals surface area contributed by atoms with Crippen LogP contribution in [0.1, 0.15) is 48.0 Å². The predicted octanol–water partition coefficient (Wildman–Crippen LogP) is 4.16. The Morgan fingerprint density at radius 1 is 0.833 bits per heavy atom. The molecule has 0 saturated carbocycles. The molecule has 2 aromatic rings. The van der Waals surface area contributed by atoms with Gasteiger partial charge in [0, 0.05) is 36.8 Å². The van der Waals surface area contributed by atoms with E-state index in [4.69, 9.17) is 0 Å². The number of likely N-dealkylation sites (tertiary alicyclic amines) is 2. The third kappa shape index (κ3) is 5.28. The molecule has 2 amide bonds. The summed E-state index contributed by atoms with van der Waals surface area (Å²) < 4.78 is 0. The topological polar surface area (TPSA) is 52.7 Å². The van der Waals surface area contributed by atoms with Gasteiger partial charge in [-0.3, -0.25) is 14.5 Å². The number of hydrogen-bond donors (Lipinski definition) is 1. The predicted molar refractivity (Wildman–Crippen MR) is 119 cm³/mol. The SMILES string of the molecule is O=C(Nc1ccc(C(=O)N2CCCCC2)cc1)C1CCN(Cc2ccccc2)CC1. The van der Waals surface area contributed by atoms with E-state index in [0.717, 1.165) is 64.1 Å². The summed E-state index contributed by atoms with van der Waals surface area (Å²) in [6.07, 6.45) is 5.14. The van der Waals surface area contributed by atoms with Gasteiger partial charge in [-0.05, 0) is 75.0 Å². The van der Waals surface area contributed by atoms with E-state index in [2.05, 4.69) is 34.5 Å². The van der Waals surface area contributed by atoms with Gasteiger partial charge in [0.15, 0.2) is 0 Å². The Bertz CT molecular complexity index is 836. The van der Waals surface area contributed by atoms with Gasteiger partial charge in [-0.2, -0.15) is 0 Å². The molecule has 2 aromatic carbocycles. The van der Waals surface area contributed by atoms with Crippen molar-refractivity contribution in [2.24, 2.45) is 5.92 Å². The van der Waals surface area contributed by atoms with Gasteiger partial charge >= 0.3 is 0 Å². The van der Waals surface area contributed by atoms with Gasteiger partial charge in [-0.25, -0.2) is 0 Å². The second kappa shape index (κ2) is 9.90. The third-order valence-electron chi connectivity index (χ3n) is 6.25. The fraction of sp³-hybridized carbons (Fsp3) is 0.440. The first kappa shape index (κ1) is 20.6. The molecule has 0 spiro atoms. The van der Waals surface area contributed by atoms with Crippen LogP contribution in [0.25, 0.3) is 0 Å². The molecule has 5 nitrogen and oxygen atoms in total. The van der Waals surface area contributed by atoms with Crippen LogP contribution in [0.2, 0.25) is 0 Å². The van der Waals surface area contributed by atoms with Crippen molar-refractivity contribution in [1.29, 1.82) is 0 Å². The largest absolute Gasteiger partial charge is 0.339 e. The van der Waals surface area contributed by atoms with E-state index in [0.29, 0.717) is 5.56 Å². The van der Waals surface area contributed by atoms with Gasteiger partial charge in [0.1, 0.15) is 0 Å². The van der Waals surface area contributed by atoms with Crippen LogP contribution >= 0.6 is 0 Å². The number of amides is 2. The molecule has 2 saturated heterocycles. The Hall–Kier alpha value is -2.66. The Kier molecular flexibility index (Phi) is 6.80. The molecule has 2 fully saturated rings. The van der Waals surface area contributed by atoms with Gasteiger partial charge < -0.3 is 10.2 Å². The molecule has 0 aliphatic carbocycles. The van der Waals surface area contributed by atoms with E-state index < -0.39 is 0 Å². The molecule has 158 valence electrons. The quantitative estimate of drug-likeness (QED) is 0.813. The molecular formula is C25H31N3O2. The Balaban J connectivity index is 1.25. The fourth-order valence-corrected chi connectivity index (χ4v) is 4.41. The summed E-state index contributed by atoms with van der Waals surface area (Å²) in [4.78, 5) is 29.6. The molecule has 0 bridgehead atoms. The number of carbonyl (C=O) groups excluding carboxylic acids is 2. The summed E-state index contributed by atoms with van der Waals surface area (Å²) >= 11 is 0. The number of nitrogens with zero attached hydrogens (tertiary/aromatic N) is 2. The molecule has 1 N–H and O–H groups in total. The first-order chi connectivity index (χ1) is 14.7. The Labute approximate surface area is 179 Å². The zero-order chi connectivity index (χ0) is 20.8. The highest BCUT2D eigenvalue weighted by molar-refractivity contribution is 5.96. The number of hydrogen-bond acceptors (Lipinski definition) is 3. The van der Waals surface area contributed by atoms with Crippen molar-refractivity contribution in [2.45, 2.75) is 38.6 Å². The number of anilines is 1. The molecule has 2 heterocycles. The zero-order valence-electron chi connectivity index (χ0n) is 17.6. The van der Waals surface area contributed by atoms with Crippen molar-refractivity contribution in [3.05, 3.63) is 65.7 Å². The lowest BCUT2D eigenvalue weighted by molar-refractivity contribution is -0.121. The lowest BCUT2D eigenvalue weighted by atomic mass is 9.95. The molecule has 30 heavy (non-hydrogen) atoms. The van der Waals surface area contributed by atoms with Crippen LogP contribution in [0.15, 0.2) is 54.6 Å². The highest BCUT2D eigenvalue weighted by Crippen LogP contribution is 2.22. The number of rotatable bonds is 5. The maximum absolute atomic E-state index is 12.7. The summed E-state index contributed by atoms with van der Waals surface area (Å²) in [6, 6.07) is 17.8. The minimum Gasteiger partial charge on any atom is -0.339 e. The van der Waals surface area contributed by atoms with Crippen LogP contribution in [0.5, 0.6) is 0 Å². The van der Waals surface area contributed by atoms with Crippen LogP contribution in [-0.2, 0) is 11.3 Å². The fourth-order valence-electron chi connectivity index (χ4n) is 4.41. The number of nitrogens with one attached hydrogen (secondary N) is 1. The summed E-state index contributed by atoms with van der Waals surface area (Å²) in [7, 11) is 0. The van der Waals surface area contributed by atoms with Crippen LogP contribution in [-0.4, -0.2) is 47.8 Å². The van der Waals surface area contributed by atoms with Gasteiger partial charge in [-0.1, -0.05) is 30.3 Å². The smallest absolute Gasteiger partial charge is 0.253 e. The van der Waals surface area contributed by atoms with Gasteiger partial charge in [-0.15, -0.1) is 0 Å². The molecule has 0 aromatic heterocycles. The highest BCUT2D eigenvalue weighted by Gasteiger charge is 2.25. The lowest BCUT2D eigenvalue weighted by Gasteiger charge is -2.31. The van der Waals surface area contributed by atoms with Crippen LogP contribution in [0.3, 0.4) is 0 Å². The van der Waals surface area contributed by atoms with Gasteiger partial charge in [0.25, 0.3) is 5.91 Å². The maximum Gasteiger partial charge on any atom is 0.253 e. The number of carbonyl (C=O) groups is 2. The van der Waals surface area contributed by atoms with E-state index in [1.807, 2.05) is 35.2 Å². The number of piperidine rings is 2. The van der Waals surface area contributed by atoms with Gasteiger partial charge in [0.2, 0.25) is 5.91 Å². The molecule has 4 rings (SSSR count). The van der Waals surface area contributed by atoms with E-state index in [1.54, 1.807) is 0 Å². The summed E-state index contributed by atoms with van der Waals surface area (Å²) in [5.74, 6) is 0.231. The summed E-state index contributed by atoms with van der Waals surface area (Å²) in [6.45, 7) is 4.52. The van der Waals surface area contributed by atoms with Crippen LogP contribution < -0.4 is 5.32 Å². The molecular weight excluding hydrogens is 374 g/mol. The second-order valence-corrected chi connectivity index (χ2v) is 8.46. The number of benzene rings is 2. The molecule has 5 heteroatoms. The molecule has 0 unspecified atom stereocenters. The molecule has 0 radical (unpaired) electrons. The minimum absolute atomic E-state index is 0.0479. The average Bonchev–Trinajstić information content (AvgIpc) is 2.81. The van der Waals surface area contributed by atoms with Crippen molar-refractivity contribution in [1.82, 2.24) is 9.80 Å². The highest BCUT2D eigenvalue weighted by atomic mass is 16.2. The van der Waals surface area contributed by atoms with Crippen molar-refractivity contribution >= 4 is 17.5 Å². The van der Waals surface area contributed by atoms with E-state index in [9.17, 15) is 9.59 Å². The van der Waals surface area contributed by atoms with Crippen LogP contribution in [0.4, 0.5) is 5.69 Å². The standard InChI is InChI=1S/C25H31N3O2/c29-24(21-13-17-27(18-14-21)19-20-7-3-1-4-8-20)26-23-11-9-22(10-12-23)25(30)28-15-5-2-6-16-28/h1,3-4,7-12,21H,2,5-6,13-19H2,(H,26,29). The normalized spacial score (nSPS) is 18.2. The monoisotopic (exact) mass is 405 g/mol. The van der Waals surface area contributed by atoms with Crippen molar-refractivity contribution in [3.63, 3.8) is 0 Å². The summed E-state index contributed by atoms with van der Waals surface area (Å²) in [5, 5.41) is 3.04. The zero-order valence-corrected chi connectivity index (χ0v) is 17.6.